The second-order valence-corrected chi connectivity index (χ2v) is 5.78. The Morgan fingerprint density at radius 3 is 2.89 bits per heavy atom. The lowest BCUT2D eigenvalue weighted by molar-refractivity contribution is 0.327. The van der Waals surface area contributed by atoms with Crippen LogP contribution in [0.15, 0.2) is 11.2 Å². The maximum atomic E-state index is 5.89. The molecular formula is C13H23N5S. The predicted octanol–water partition coefficient (Wildman–Crippen LogP) is 1.70. The van der Waals surface area contributed by atoms with E-state index in [1.165, 1.54) is 11.8 Å². The number of anilines is 2. The SMILES string of the molecule is CCC1CN(C)CCCN1c1cc(N)nc(SC)n1. The van der Waals surface area contributed by atoms with Crippen molar-refractivity contribution < 1.29 is 0 Å². The molecule has 1 aliphatic rings. The van der Waals surface area contributed by atoms with Gasteiger partial charge in [0.15, 0.2) is 5.16 Å². The Kier molecular flexibility index (Phi) is 4.87. The Labute approximate surface area is 119 Å². The van der Waals surface area contributed by atoms with Crippen LogP contribution in [0.25, 0.3) is 0 Å². The summed E-state index contributed by atoms with van der Waals surface area (Å²) >= 11 is 1.54. The number of likely N-dealkylation sites (N-methyl/N-ethyl adjacent to an activating group) is 1. The van der Waals surface area contributed by atoms with Crippen LogP contribution in [0.4, 0.5) is 11.6 Å². The van der Waals surface area contributed by atoms with E-state index in [0.717, 1.165) is 43.5 Å². The van der Waals surface area contributed by atoms with Gasteiger partial charge in [0.2, 0.25) is 0 Å². The summed E-state index contributed by atoms with van der Waals surface area (Å²) in [5, 5.41) is 0.752. The lowest BCUT2D eigenvalue weighted by Gasteiger charge is -2.31. The molecule has 106 valence electrons. The van der Waals surface area contributed by atoms with E-state index in [-0.39, 0.29) is 0 Å². The molecule has 0 aromatic carbocycles. The number of nitrogen functional groups attached to an aromatic ring is 1. The van der Waals surface area contributed by atoms with Gasteiger partial charge in [0.05, 0.1) is 0 Å². The van der Waals surface area contributed by atoms with Crippen molar-refractivity contribution in [1.29, 1.82) is 0 Å². The van der Waals surface area contributed by atoms with Crippen LogP contribution in [0.2, 0.25) is 0 Å². The van der Waals surface area contributed by atoms with Crippen molar-refractivity contribution in [3.63, 3.8) is 0 Å². The summed E-state index contributed by atoms with van der Waals surface area (Å²) in [5.41, 5.74) is 5.89. The molecule has 2 rings (SSSR count). The lowest BCUT2D eigenvalue weighted by atomic mass is 10.2. The van der Waals surface area contributed by atoms with Crippen molar-refractivity contribution in [3.05, 3.63) is 6.07 Å². The zero-order valence-electron chi connectivity index (χ0n) is 12.0. The highest BCUT2D eigenvalue weighted by atomic mass is 32.2. The number of rotatable bonds is 3. The fraction of sp³-hybridized carbons (Fsp3) is 0.692. The van der Waals surface area contributed by atoms with Crippen LogP contribution in [0, 0.1) is 0 Å². The maximum absolute atomic E-state index is 5.89. The Morgan fingerprint density at radius 1 is 1.42 bits per heavy atom. The average Bonchev–Trinajstić information content (AvgIpc) is 2.59. The van der Waals surface area contributed by atoms with Crippen LogP contribution in [0.1, 0.15) is 19.8 Å². The number of nitrogens with zero attached hydrogens (tertiary/aromatic N) is 4. The minimum Gasteiger partial charge on any atom is -0.383 e. The van der Waals surface area contributed by atoms with Gasteiger partial charge in [-0.05, 0) is 32.7 Å². The van der Waals surface area contributed by atoms with Gasteiger partial charge in [-0.2, -0.15) is 0 Å². The number of hydrogen-bond donors (Lipinski definition) is 1. The molecule has 0 spiro atoms. The van der Waals surface area contributed by atoms with Crippen LogP contribution in [0.3, 0.4) is 0 Å². The molecule has 1 aromatic rings. The van der Waals surface area contributed by atoms with Crippen molar-refractivity contribution in [2.45, 2.75) is 31.0 Å². The fourth-order valence-electron chi connectivity index (χ4n) is 2.56. The molecule has 0 aliphatic carbocycles. The second kappa shape index (κ2) is 6.43. The van der Waals surface area contributed by atoms with Crippen molar-refractivity contribution in [3.8, 4) is 0 Å². The van der Waals surface area contributed by atoms with Crippen molar-refractivity contribution in [2.24, 2.45) is 0 Å². The van der Waals surface area contributed by atoms with Crippen molar-refractivity contribution in [2.75, 3.05) is 43.6 Å². The van der Waals surface area contributed by atoms with E-state index in [9.17, 15) is 0 Å². The highest BCUT2D eigenvalue weighted by Gasteiger charge is 2.23. The van der Waals surface area contributed by atoms with E-state index in [0.29, 0.717) is 11.9 Å². The molecule has 0 radical (unpaired) electrons. The molecule has 1 aromatic heterocycles. The first-order valence-electron chi connectivity index (χ1n) is 6.77. The van der Waals surface area contributed by atoms with Crippen LogP contribution in [-0.2, 0) is 0 Å². The topological polar surface area (TPSA) is 58.3 Å². The zero-order chi connectivity index (χ0) is 13.8. The van der Waals surface area contributed by atoms with Crippen LogP contribution >= 0.6 is 11.8 Å². The van der Waals surface area contributed by atoms with Crippen LogP contribution in [-0.4, -0.2) is 53.8 Å². The molecule has 1 saturated heterocycles. The third-order valence-corrected chi connectivity index (χ3v) is 4.11. The summed E-state index contributed by atoms with van der Waals surface area (Å²) in [6, 6.07) is 2.39. The third-order valence-electron chi connectivity index (χ3n) is 3.56. The Hall–Kier alpha value is -1.01. The smallest absolute Gasteiger partial charge is 0.191 e. The van der Waals surface area contributed by atoms with Gasteiger partial charge in [-0.1, -0.05) is 18.7 Å². The standard InChI is InChI=1S/C13H23N5S/c1-4-10-9-17(2)6-5-7-18(10)12-8-11(14)15-13(16-12)19-3/h8,10H,4-7,9H2,1-3H3,(H2,14,15,16). The molecule has 0 bridgehead atoms. The van der Waals surface area contributed by atoms with Gasteiger partial charge in [-0.3, -0.25) is 0 Å². The number of thioether (sulfide) groups is 1. The Morgan fingerprint density at radius 2 is 2.21 bits per heavy atom. The third kappa shape index (κ3) is 3.51. The average molecular weight is 281 g/mol. The minimum absolute atomic E-state index is 0.497. The predicted molar refractivity (Wildman–Crippen MR) is 81.8 cm³/mol. The zero-order valence-corrected chi connectivity index (χ0v) is 12.8. The number of nitrogens with two attached hydrogens (primary N) is 1. The van der Waals surface area contributed by atoms with Gasteiger partial charge in [0.1, 0.15) is 11.6 Å². The molecule has 1 aliphatic heterocycles. The van der Waals surface area contributed by atoms with Gasteiger partial charge in [-0.15, -0.1) is 0 Å². The van der Waals surface area contributed by atoms with E-state index >= 15 is 0 Å². The molecule has 5 nitrogen and oxygen atoms in total. The monoisotopic (exact) mass is 281 g/mol. The summed E-state index contributed by atoms with van der Waals surface area (Å²) in [6.07, 6.45) is 4.25. The van der Waals surface area contributed by atoms with E-state index in [4.69, 9.17) is 5.73 Å². The molecule has 0 saturated carbocycles. The first-order chi connectivity index (χ1) is 9.13. The molecule has 1 fully saturated rings. The number of hydrogen-bond acceptors (Lipinski definition) is 6. The molecule has 0 amide bonds. The quantitative estimate of drug-likeness (QED) is 0.672. The van der Waals surface area contributed by atoms with Gasteiger partial charge < -0.3 is 15.5 Å². The largest absolute Gasteiger partial charge is 0.383 e. The van der Waals surface area contributed by atoms with Crippen molar-refractivity contribution in [1.82, 2.24) is 14.9 Å². The van der Waals surface area contributed by atoms with E-state index < -0.39 is 0 Å². The summed E-state index contributed by atoms with van der Waals surface area (Å²) < 4.78 is 0. The summed E-state index contributed by atoms with van der Waals surface area (Å²) in [6.45, 7) is 5.49. The first kappa shape index (κ1) is 14.4. The van der Waals surface area contributed by atoms with Crippen LogP contribution in [0.5, 0.6) is 0 Å². The normalized spacial score (nSPS) is 21.4. The molecule has 2 heterocycles. The number of aromatic nitrogens is 2. The van der Waals surface area contributed by atoms with Crippen LogP contribution < -0.4 is 10.6 Å². The molecule has 2 N–H and O–H groups in total. The highest BCUT2D eigenvalue weighted by molar-refractivity contribution is 7.98. The van der Waals surface area contributed by atoms with Gasteiger partial charge in [-0.25, -0.2) is 9.97 Å². The summed E-state index contributed by atoms with van der Waals surface area (Å²) in [7, 11) is 2.19. The Bertz CT molecular complexity index is 425. The second-order valence-electron chi connectivity index (χ2n) is 5.01. The fourth-order valence-corrected chi connectivity index (χ4v) is 2.94. The maximum Gasteiger partial charge on any atom is 0.191 e. The summed E-state index contributed by atoms with van der Waals surface area (Å²) in [5.74, 6) is 1.53. The summed E-state index contributed by atoms with van der Waals surface area (Å²) in [4.78, 5) is 13.6. The van der Waals surface area contributed by atoms with E-state index in [2.05, 4.69) is 33.7 Å². The van der Waals surface area contributed by atoms with Gasteiger partial charge in [0, 0.05) is 25.2 Å². The van der Waals surface area contributed by atoms with Gasteiger partial charge in [0.25, 0.3) is 0 Å². The Balaban J connectivity index is 2.29. The molecular weight excluding hydrogens is 258 g/mol. The van der Waals surface area contributed by atoms with Gasteiger partial charge >= 0.3 is 0 Å². The molecule has 1 atom stereocenters. The molecule has 19 heavy (non-hydrogen) atoms. The first-order valence-corrected chi connectivity index (χ1v) is 8.00. The molecule has 6 heteroatoms. The van der Waals surface area contributed by atoms with E-state index in [1.54, 1.807) is 0 Å². The lowest BCUT2D eigenvalue weighted by Crippen LogP contribution is -2.40. The minimum atomic E-state index is 0.497. The van der Waals surface area contributed by atoms with Crippen molar-refractivity contribution >= 4 is 23.4 Å². The highest BCUT2D eigenvalue weighted by Crippen LogP contribution is 2.23. The van der Waals surface area contributed by atoms with E-state index in [1.807, 2.05) is 12.3 Å². The molecule has 1 unspecified atom stereocenters.